The summed E-state index contributed by atoms with van der Waals surface area (Å²) in [6, 6.07) is 0. The topological polar surface area (TPSA) is 46.2 Å². The Morgan fingerprint density at radius 3 is 2.50 bits per heavy atom. The van der Waals surface area contributed by atoms with Gasteiger partial charge in [0.15, 0.2) is 0 Å². The minimum atomic E-state index is -0.560. The number of aliphatic hydroxyl groups is 1. The predicted molar refractivity (Wildman–Crippen MR) is 50.8 cm³/mol. The van der Waals surface area contributed by atoms with Crippen LogP contribution in [0.5, 0.6) is 0 Å². The van der Waals surface area contributed by atoms with E-state index in [1.165, 1.54) is 12.8 Å². The average Bonchev–Trinajstić information content (AvgIpc) is 2.86. The summed E-state index contributed by atoms with van der Waals surface area (Å²) < 4.78 is 0. The molecule has 0 amide bonds. The molecule has 1 rings (SSSR count). The normalized spacial score (nSPS) is 25.0. The molecule has 0 aromatic carbocycles. The van der Waals surface area contributed by atoms with Crippen molar-refractivity contribution < 1.29 is 5.11 Å². The van der Waals surface area contributed by atoms with Crippen LogP contribution in [0.1, 0.15) is 39.5 Å². The third kappa shape index (κ3) is 1.80. The SMILES string of the molecule is CCCC(C)C(O)(CN)C1CC1. The largest absolute Gasteiger partial charge is 0.388 e. The van der Waals surface area contributed by atoms with Gasteiger partial charge >= 0.3 is 0 Å². The molecule has 0 radical (unpaired) electrons. The molecule has 0 spiro atoms. The highest BCUT2D eigenvalue weighted by Gasteiger charge is 2.45. The highest BCUT2D eigenvalue weighted by Crippen LogP contribution is 2.44. The van der Waals surface area contributed by atoms with Crippen molar-refractivity contribution >= 4 is 0 Å². The van der Waals surface area contributed by atoms with Gasteiger partial charge in [-0.25, -0.2) is 0 Å². The second kappa shape index (κ2) is 3.75. The van der Waals surface area contributed by atoms with E-state index in [0.717, 1.165) is 12.8 Å². The molecule has 12 heavy (non-hydrogen) atoms. The van der Waals surface area contributed by atoms with E-state index in [9.17, 15) is 5.11 Å². The highest BCUT2D eigenvalue weighted by molar-refractivity contribution is 4.98. The Hall–Kier alpha value is -0.0800. The van der Waals surface area contributed by atoms with Gasteiger partial charge in [-0.15, -0.1) is 0 Å². The summed E-state index contributed by atoms with van der Waals surface area (Å²) in [6.45, 7) is 4.70. The molecule has 0 aliphatic heterocycles. The van der Waals surface area contributed by atoms with Gasteiger partial charge < -0.3 is 10.8 Å². The molecule has 2 atom stereocenters. The van der Waals surface area contributed by atoms with Crippen LogP contribution in [-0.2, 0) is 0 Å². The van der Waals surface area contributed by atoms with Gasteiger partial charge in [0.1, 0.15) is 0 Å². The number of hydrogen-bond donors (Lipinski definition) is 2. The van der Waals surface area contributed by atoms with Gasteiger partial charge in [-0.2, -0.15) is 0 Å². The maximum atomic E-state index is 10.2. The summed E-state index contributed by atoms with van der Waals surface area (Å²) in [5.74, 6) is 0.851. The molecule has 0 heterocycles. The van der Waals surface area contributed by atoms with Crippen LogP contribution in [-0.4, -0.2) is 17.3 Å². The van der Waals surface area contributed by atoms with E-state index in [2.05, 4.69) is 13.8 Å². The van der Waals surface area contributed by atoms with E-state index in [-0.39, 0.29) is 0 Å². The zero-order valence-electron chi connectivity index (χ0n) is 8.21. The van der Waals surface area contributed by atoms with Crippen molar-refractivity contribution in [2.75, 3.05) is 6.54 Å². The quantitative estimate of drug-likeness (QED) is 0.659. The molecule has 1 aliphatic carbocycles. The molecular weight excluding hydrogens is 150 g/mol. The molecule has 0 aromatic heterocycles. The maximum Gasteiger partial charge on any atom is 0.0822 e. The summed E-state index contributed by atoms with van der Waals surface area (Å²) >= 11 is 0. The fourth-order valence-electron chi connectivity index (χ4n) is 2.04. The molecule has 2 unspecified atom stereocenters. The number of rotatable bonds is 5. The van der Waals surface area contributed by atoms with Crippen molar-refractivity contribution in [3.8, 4) is 0 Å². The van der Waals surface area contributed by atoms with Crippen LogP contribution in [0.4, 0.5) is 0 Å². The lowest BCUT2D eigenvalue weighted by Gasteiger charge is -2.33. The molecule has 0 aromatic rings. The Labute approximate surface area is 75.2 Å². The van der Waals surface area contributed by atoms with E-state index >= 15 is 0 Å². The molecule has 1 aliphatic rings. The first-order chi connectivity index (χ1) is 5.65. The van der Waals surface area contributed by atoms with E-state index in [4.69, 9.17) is 5.73 Å². The highest BCUT2D eigenvalue weighted by atomic mass is 16.3. The third-order valence-corrected chi connectivity index (χ3v) is 3.19. The van der Waals surface area contributed by atoms with Crippen LogP contribution in [0.2, 0.25) is 0 Å². The molecular formula is C10H21NO. The van der Waals surface area contributed by atoms with Crippen LogP contribution in [0.3, 0.4) is 0 Å². The molecule has 0 bridgehead atoms. The minimum absolute atomic E-state index is 0.361. The van der Waals surface area contributed by atoms with E-state index < -0.39 is 5.60 Å². The monoisotopic (exact) mass is 171 g/mol. The minimum Gasteiger partial charge on any atom is -0.388 e. The van der Waals surface area contributed by atoms with Crippen LogP contribution >= 0.6 is 0 Å². The lowest BCUT2D eigenvalue weighted by Crippen LogP contribution is -2.46. The average molecular weight is 171 g/mol. The van der Waals surface area contributed by atoms with Gasteiger partial charge in [-0.3, -0.25) is 0 Å². The van der Waals surface area contributed by atoms with Crippen molar-refractivity contribution in [1.82, 2.24) is 0 Å². The van der Waals surface area contributed by atoms with E-state index in [0.29, 0.717) is 18.4 Å². The summed E-state index contributed by atoms with van der Waals surface area (Å²) in [5.41, 5.74) is 5.07. The van der Waals surface area contributed by atoms with Crippen LogP contribution in [0, 0.1) is 11.8 Å². The Morgan fingerprint density at radius 1 is 1.58 bits per heavy atom. The smallest absolute Gasteiger partial charge is 0.0822 e. The summed E-state index contributed by atoms with van der Waals surface area (Å²) in [4.78, 5) is 0. The first-order valence-electron chi connectivity index (χ1n) is 5.07. The Balaban J connectivity index is 2.51. The standard InChI is InChI=1S/C10H21NO/c1-3-4-8(2)10(12,7-11)9-5-6-9/h8-9,12H,3-7,11H2,1-2H3. The molecule has 2 heteroatoms. The fraction of sp³-hybridized carbons (Fsp3) is 1.00. The van der Waals surface area contributed by atoms with Gasteiger partial charge in [0.25, 0.3) is 0 Å². The number of nitrogens with two attached hydrogens (primary N) is 1. The van der Waals surface area contributed by atoms with Crippen LogP contribution in [0.15, 0.2) is 0 Å². The lowest BCUT2D eigenvalue weighted by atomic mass is 9.82. The molecule has 1 saturated carbocycles. The Morgan fingerprint density at radius 2 is 2.17 bits per heavy atom. The van der Waals surface area contributed by atoms with Crippen LogP contribution in [0.25, 0.3) is 0 Å². The van der Waals surface area contributed by atoms with Gasteiger partial charge in [0.05, 0.1) is 5.60 Å². The van der Waals surface area contributed by atoms with Crippen molar-refractivity contribution in [1.29, 1.82) is 0 Å². The molecule has 3 N–H and O–H groups in total. The second-order valence-electron chi connectivity index (χ2n) is 4.16. The lowest BCUT2D eigenvalue weighted by molar-refractivity contribution is -0.0274. The van der Waals surface area contributed by atoms with Gasteiger partial charge in [0, 0.05) is 6.54 Å². The fourth-order valence-corrected chi connectivity index (χ4v) is 2.04. The van der Waals surface area contributed by atoms with Crippen molar-refractivity contribution in [3.05, 3.63) is 0 Å². The van der Waals surface area contributed by atoms with Crippen molar-refractivity contribution in [2.45, 2.75) is 45.1 Å². The Bertz CT molecular complexity index is 145. The molecule has 72 valence electrons. The Kier molecular flexibility index (Phi) is 3.13. The molecule has 0 saturated heterocycles. The summed E-state index contributed by atoms with van der Waals surface area (Å²) in [7, 11) is 0. The first kappa shape index (κ1) is 10.0. The van der Waals surface area contributed by atoms with Crippen molar-refractivity contribution in [3.63, 3.8) is 0 Å². The van der Waals surface area contributed by atoms with E-state index in [1.54, 1.807) is 0 Å². The van der Waals surface area contributed by atoms with Crippen molar-refractivity contribution in [2.24, 2.45) is 17.6 Å². The van der Waals surface area contributed by atoms with Gasteiger partial charge in [0.2, 0.25) is 0 Å². The second-order valence-corrected chi connectivity index (χ2v) is 4.16. The maximum absolute atomic E-state index is 10.2. The molecule has 2 nitrogen and oxygen atoms in total. The zero-order chi connectivity index (χ0) is 9.19. The van der Waals surface area contributed by atoms with Gasteiger partial charge in [-0.1, -0.05) is 20.3 Å². The first-order valence-corrected chi connectivity index (χ1v) is 5.07. The van der Waals surface area contributed by atoms with Gasteiger partial charge in [-0.05, 0) is 31.1 Å². The summed E-state index contributed by atoms with van der Waals surface area (Å²) in [5, 5.41) is 10.2. The number of hydrogen-bond acceptors (Lipinski definition) is 2. The van der Waals surface area contributed by atoms with Crippen LogP contribution < -0.4 is 5.73 Å². The third-order valence-electron chi connectivity index (χ3n) is 3.19. The summed E-state index contributed by atoms with van der Waals surface area (Å²) in [6.07, 6.45) is 4.56. The van der Waals surface area contributed by atoms with E-state index in [1.807, 2.05) is 0 Å². The zero-order valence-corrected chi connectivity index (χ0v) is 8.21. The predicted octanol–water partition coefficient (Wildman–Crippen LogP) is 1.52. The molecule has 1 fully saturated rings.